The third-order valence-corrected chi connectivity index (χ3v) is 4.83. The lowest BCUT2D eigenvalue weighted by molar-refractivity contribution is 0.417. The first-order chi connectivity index (χ1) is 11.9. The van der Waals surface area contributed by atoms with Gasteiger partial charge in [-0.05, 0) is 40.3 Å². The highest BCUT2D eigenvalue weighted by molar-refractivity contribution is 7.80. The van der Waals surface area contributed by atoms with E-state index in [9.17, 15) is 0 Å². The average molecular weight is 349 g/mol. The standard InChI is InChI=1S/C23H24OS/c1-23(2,3)17-14-19(16-10-6-5-7-11-16)22(24-4)20(15-17)18-12-8-9-13-21(18)25/h5-15,25H,1-4H3. The van der Waals surface area contributed by atoms with E-state index in [0.717, 1.165) is 32.9 Å². The molecule has 0 aliphatic heterocycles. The quantitative estimate of drug-likeness (QED) is 0.524. The zero-order chi connectivity index (χ0) is 18.0. The molecule has 0 radical (unpaired) electrons. The number of thiol groups is 1. The fourth-order valence-electron chi connectivity index (χ4n) is 3.02. The topological polar surface area (TPSA) is 9.23 Å². The summed E-state index contributed by atoms with van der Waals surface area (Å²) in [5.74, 6) is 0.890. The van der Waals surface area contributed by atoms with Crippen LogP contribution in [0.15, 0.2) is 71.6 Å². The van der Waals surface area contributed by atoms with E-state index in [-0.39, 0.29) is 5.41 Å². The van der Waals surface area contributed by atoms with Crippen LogP contribution >= 0.6 is 12.6 Å². The van der Waals surface area contributed by atoms with Gasteiger partial charge < -0.3 is 4.74 Å². The van der Waals surface area contributed by atoms with Crippen LogP contribution in [0, 0.1) is 0 Å². The second-order valence-electron chi connectivity index (χ2n) is 7.24. The van der Waals surface area contributed by atoms with Crippen molar-refractivity contribution in [2.24, 2.45) is 0 Å². The summed E-state index contributed by atoms with van der Waals surface area (Å²) in [5, 5.41) is 0. The van der Waals surface area contributed by atoms with E-state index < -0.39 is 0 Å². The van der Waals surface area contributed by atoms with Gasteiger partial charge in [0.2, 0.25) is 0 Å². The predicted molar refractivity (Wildman–Crippen MR) is 110 cm³/mol. The Morgan fingerprint density at radius 2 is 1.36 bits per heavy atom. The van der Waals surface area contributed by atoms with Crippen LogP contribution in [0.4, 0.5) is 0 Å². The van der Waals surface area contributed by atoms with Crippen molar-refractivity contribution in [3.63, 3.8) is 0 Å². The van der Waals surface area contributed by atoms with Gasteiger partial charge in [-0.15, -0.1) is 12.6 Å². The fraction of sp³-hybridized carbons (Fsp3) is 0.217. The normalized spacial score (nSPS) is 11.4. The molecule has 0 unspecified atom stereocenters. The van der Waals surface area contributed by atoms with Crippen LogP contribution in [-0.4, -0.2) is 7.11 Å². The van der Waals surface area contributed by atoms with Crippen LogP contribution in [-0.2, 0) is 5.41 Å². The summed E-state index contributed by atoms with van der Waals surface area (Å²) < 4.78 is 5.87. The van der Waals surface area contributed by atoms with Gasteiger partial charge in [-0.25, -0.2) is 0 Å². The number of benzene rings is 3. The van der Waals surface area contributed by atoms with Gasteiger partial charge >= 0.3 is 0 Å². The minimum Gasteiger partial charge on any atom is -0.495 e. The molecule has 0 heterocycles. The molecule has 0 N–H and O–H groups in total. The third kappa shape index (κ3) is 3.59. The minimum absolute atomic E-state index is 0.0378. The molecule has 0 atom stereocenters. The summed E-state index contributed by atoms with van der Waals surface area (Å²) in [6, 6.07) is 23.1. The van der Waals surface area contributed by atoms with E-state index in [4.69, 9.17) is 4.74 Å². The lowest BCUT2D eigenvalue weighted by Gasteiger charge is -2.24. The summed E-state index contributed by atoms with van der Waals surface area (Å²) in [7, 11) is 1.74. The molecule has 2 heteroatoms. The van der Waals surface area contributed by atoms with Crippen LogP contribution < -0.4 is 4.74 Å². The van der Waals surface area contributed by atoms with E-state index >= 15 is 0 Å². The maximum Gasteiger partial charge on any atom is 0.134 e. The second-order valence-corrected chi connectivity index (χ2v) is 7.72. The highest BCUT2D eigenvalue weighted by atomic mass is 32.1. The van der Waals surface area contributed by atoms with Gasteiger partial charge in [-0.2, -0.15) is 0 Å². The van der Waals surface area contributed by atoms with Crippen LogP contribution in [0.3, 0.4) is 0 Å². The number of hydrogen-bond acceptors (Lipinski definition) is 2. The molecule has 0 spiro atoms. The van der Waals surface area contributed by atoms with E-state index in [1.807, 2.05) is 24.3 Å². The zero-order valence-electron chi connectivity index (χ0n) is 15.2. The molecule has 3 aromatic rings. The summed E-state index contributed by atoms with van der Waals surface area (Å²) in [5.41, 5.74) is 5.75. The molecule has 3 rings (SSSR count). The van der Waals surface area contributed by atoms with Gasteiger partial charge in [0.05, 0.1) is 7.11 Å². The molecule has 0 aromatic heterocycles. The molecule has 128 valence electrons. The number of hydrogen-bond donors (Lipinski definition) is 1. The summed E-state index contributed by atoms with van der Waals surface area (Å²) in [6.45, 7) is 6.71. The Morgan fingerprint density at radius 3 is 1.96 bits per heavy atom. The van der Waals surface area contributed by atoms with E-state index in [1.54, 1.807) is 7.11 Å². The van der Waals surface area contributed by atoms with Crippen molar-refractivity contribution < 1.29 is 4.74 Å². The second kappa shape index (κ2) is 6.97. The number of rotatable bonds is 3. The van der Waals surface area contributed by atoms with Crippen molar-refractivity contribution in [3.8, 4) is 28.0 Å². The fourth-order valence-corrected chi connectivity index (χ4v) is 3.30. The Hall–Kier alpha value is -2.19. The van der Waals surface area contributed by atoms with Gasteiger partial charge in [0.15, 0.2) is 0 Å². The molecule has 25 heavy (non-hydrogen) atoms. The van der Waals surface area contributed by atoms with Crippen molar-refractivity contribution in [1.29, 1.82) is 0 Å². The van der Waals surface area contributed by atoms with Crippen LogP contribution in [0.2, 0.25) is 0 Å². The zero-order valence-corrected chi connectivity index (χ0v) is 16.1. The molecule has 0 aliphatic rings. The molecule has 0 saturated carbocycles. The maximum absolute atomic E-state index is 5.87. The third-order valence-electron chi connectivity index (χ3n) is 4.44. The van der Waals surface area contributed by atoms with Crippen molar-refractivity contribution in [1.82, 2.24) is 0 Å². The minimum atomic E-state index is 0.0378. The molecule has 0 amide bonds. The Balaban J connectivity index is 2.36. The summed E-state index contributed by atoms with van der Waals surface area (Å²) in [4.78, 5) is 0.950. The molecular formula is C23H24OS. The molecule has 0 fully saturated rings. The Labute approximate surface area is 156 Å². The first-order valence-electron chi connectivity index (χ1n) is 8.48. The first-order valence-corrected chi connectivity index (χ1v) is 8.93. The van der Waals surface area contributed by atoms with Crippen molar-refractivity contribution in [3.05, 3.63) is 72.3 Å². The lowest BCUT2D eigenvalue weighted by Crippen LogP contribution is -2.12. The average Bonchev–Trinajstić information content (AvgIpc) is 2.61. The largest absolute Gasteiger partial charge is 0.495 e. The molecule has 0 bridgehead atoms. The van der Waals surface area contributed by atoms with Crippen molar-refractivity contribution in [2.75, 3.05) is 7.11 Å². The van der Waals surface area contributed by atoms with Gasteiger partial charge in [0.1, 0.15) is 5.75 Å². The molecule has 1 nitrogen and oxygen atoms in total. The van der Waals surface area contributed by atoms with E-state index in [0.29, 0.717) is 0 Å². The smallest absolute Gasteiger partial charge is 0.134 e. The van der Waals surface area contributed by atoms with Gasteiger partial charge in [-0.1, -0.05) is 69.3 Å². The Kier molecular flexibility index (Phi) is 4.91. The maximum atomic E-state index is 5.87. The molecule has 3 aromatic carbocycles. The highest BCUT2D eigenvalue weighted by Crippen LogP contribution is 2.43. The van der Waals surface area contributed by atoms with Crippen molar-refractivity contribution >= 4 is 12.6 Å². The Bertz CT molecular complexity index is 876. The van der Waals surface area contributed by atoms with Gasteiger partial charge in [0, 0.05) is 16.0 Å². The predicted octanol–water partition coefficient (Wildman–Crippen LogP) is 6.62. The number of ether oxygens (including phenoxy) is 1. The first kappa shape index (κ1) is 17.6. The van der Waals surface area contributed by atoms with Gasteiger partial charge in [0.25, 0.3) is 0 Å². The van der Waals surface area contributed by atoms with Gasteiger partial charge in [-0.3, -0.25) is 0 Å². The lowest BCUT2D eigenvalue weighted by atomic mass is 9.82. The SMILES string of the molecule is COc1c(-c2ccccc2)cc(C(C)(C)C)cc1-c1ccccc1S. The monoisotopic (exact) mass is 348 g/mol. The highest BCUT2D eigenvalue weighted by Gasteiger charge is 2.21. The van der Waals surface area contributed by atoms with Crippen molar-refractivity contribution in [2.45, 2.75) is 31.1 Å². The van der Waals surface area contributed by atoms with Crippen LogP contribution in [0.1, 0.15) is 26.3 Å². The molecular weight excluding hydrogens is 324 g/mol. The van der Waals surface area contributed by atoms with E-state index in [1.165, 1.54) is 5.56 Å². The number of methoxy groups -OCH3 is 1. The summed E-state index contributed by atoms with van der Waals surface area (Å²) >= 11 is 4.67. The molecule has 0 saturated heterocycles. The molecule has 0 aliphatic carbocycles. The van der Waals surface area contributed by atoms with Crippen LogP contribution in [0.25, 0.3) is 22.3 Å². The van der Waals surface area contributed by atoms with Crippen LogP contribution in [0.5, 0.6) is 5.75 Å². The van der Waals surface area contributed by atoms with E-state index in [2.05, 4.69) is 75.9 Å². The Morgan fingerprint density at radius 1 is 0.760 bits per heavy atom. The summed E-state index contributed by atoms with van der Waals surface area (Å²) in [6.07, 6.45) is 0.